The van der Waals surface area contributed by atoms with Gasteiger partial charge in [0.2, 0.25) is 0 Å². The highest BCUT2D eigenvalue weighted by atomic mass is 35.5. The molecule has 1 N–H and O–H groups in total. The first-order chi connectivity index (χ1) is 15.9. The summed E-state index contributed by atoms with van der Waals surface area (Å²) in [5.41, 5.74) is 2.20. The van der Waals surface area contributed by atoms with E-state index in [9.17, 15) is 4.79 Å². The Morgan fingerprint density at radius 2 is 1.79 bits per heavy atom. The largest absolute Gasteiger partial charge is 0.493 e. The van der Waals surface area contributed by atoms with Crippen molar-refractivity contribution < 1.29 is 14.3 Å². The molecule has 0 bridgehead atoms. The van der Waals surface area contributed by atoms with Crippen LogP contribution in [-0.4, -0.2) is 18.2 Å². The third-order valence-electron chi connectivity index (χ3n) is 4.59. The minimum atomic E-state index is -0.248. The third kappa shape index (κ3) is 5.84. The maximum Gasteiger partial charge on any atom is 0.264 e. The third-order valence-corrected chi connectivity index (χ3v) is 6.40. The minimum Gasteiger partial charge on any atom is -0.493 e. The summed E-state index contributed by atoms with van der Waals surface area (Å²) < 4.78 is 11.4. The Balaban J connectivity index is 1.54. The molecule has 9 heteroatoms. The Morgan fingerprint density at radius 1 is 1.03 bits per heavy atom. The van der Waals surface area contributed by atoms with Gasteiger partial charge in [-0.25, -0.2) is 4.99 Å². The van der Waals surface area contributed by atoms with Crippen LogP contribution in [0, 0.1) is 0 Å². The number of thioether (sulfide) groups is 1. The molecule has 1 aliphatic rings. The smallest absolute Gasteiger partial charge is 0.264 e. The number of methoxy groups -OCH3 is 1. The lowest BCUT2D eigenvalue weighted by molar-refractivity contribution is -0.115. The lowest BCUT2D eigenvalue weighted by Crippen LogP contribution is -2.19. The maximum absolute atomic E-state index is 12.4. The summed E-state index contributed by atoms with van der Waals surface area (Å²) in [5.74, 6) is 0.594. The topological polar surface area (TPSA) is 59.9 Å². The fraction of sp³-hybridized carbons (Fsp3) is 0.0833. The van der Waals surface area contributed by atoms with Gasteiger partial charge in [0.25, 0.3) is 5.91 Å². The van der Waals surface area contributed by atoms with Crippen LogP contribution >= 0.6 is 46.6 Å². The van der Waals surface area contributed by atoms with Gasteiger partial charge in [0.05, 0.1) is 22.7 Å². The van der Waals surface area contributed by atoms with E-state index in [-0.39, 0.29) is 12.5 Å². The first kappa shape index (κ1) is 23.5. The number of ether oxygens (including phenoxy) is 2. The molecule has 5 nitrogen and oxygen atoms in total. The molecule has 3 aromatic carbocycles. The molecule has 3 aromatic rings. The van der Waals surface area contributed by atoms with Crippen LogP contribution < -0.4 is 14.8 Å². The van der Waals surface area contributed by atoms with Crippen LogP contribution in [0.4, 0.5) is 5.69 Å². The zero-order valence-corrected chi connectivity index (χ0v) is 20.4. The number of nitrogens with zero attached hydrogens (tertiary/aromatic N) is 1. The van der Waals surface area contributed by atoms with Gasteiger partial charge in [-0.05, 0) is 65.9 Å². The average Bonchev–Trinajstić information content (AvgIpc) is 3.13. The van der Waals surface area contributed by atoms with E-state index in [0.717, 1.165) is 5.56 Å². The van der Waals surface area contributed by atoms with Crippen LogP contribution in [0.15, 0.2) is 70.6 Å². The van der Waals surface area contributed by atoms with Gasteiger partial charge in [-0.1, -0.05) is 53.0 Å². The normalized spacial score (nSPS) is 15.7. The molecule has 1 saturated heterocycles. The van der Waals surface area contributed by atoms with Gasteiger partial charge >= 0.3 is 0 Å². The van der Waals surface area contributed by atoms with Crippen molar-refractivity contribution in [3.63, 3.8) is 0 Å². The highest BCUT2D eigenvalue weighted by Crippen LogP contribution is 2.39. The van der Waals surface area contributed by atoms with Gasteiger partial charge in [-0.15, -0.1) is 0 Å². The number of carbonyl (C=O) groups is 1. The number of halogens is 3. The first-order valence-electron chi connectivity index (χ1n) is 9.72. The van der Waals surface area contributed by atoms with Gasteiger partial charge in [-0.2, -0.15) is 0 Å². The second-order valence-corrected chi connectivity index (χ2v) is 9.15. The van der Waals surface area contributed by atoms with Gasteiger partial charge in [-0.3, -0.25) is 4.79 Å². The minimum absolute atomic E-state index is 0.235. The SMILES string of the molecule is COc1cc(/C=C2\SC(=Nc3ccc(Cl)cc3)NC2=O)cc(Cl)c1OCc1ccccc1Cl. The number of amidine groups is 1. The van der Waals surface area contributed by atoms with E-state index in [0.29, 0.717) is 47.9 Å². The summed E-state index contributed by atoms with van der Waals surface area (Å²) in [6.07, 6.45) is 1.72. The van der Waals surface area contributed by atoms with Crippen LogP contribution in [0.3, 0.4) is 0 Å². The molecule has 0 saturated carbocycles. The second-order valence-electron chi connectivity index (χ2n) is 6.87. The van der Waals surface area contributed by atoms with Crippen LogP contribution in [0.5, 0.6) is 11.5 Å². The number of hydrogen-bond donors (Lipinski definition) is 1. The van der Waals surface area contributed by atoms with Crippen molar-refractivity contribution >= 4 is 69.4 Å². The van der Waals surface area contributed by atoms with Gasteiger partial charge in [0, 0.05) is 15.6 Å². The highest BCUT2D eigenvalue weighted by Gasteiger charge is 2.24. The number of aliphatic imine (C=N–C) groups is 1. The van der Waals surface area contributed by atoms with Crippen molar-refractivity contribution in [2.45, 2.75) is 6.61 Å². The van der Waals surface area contributed by atoms with Gasteiger partial charge < -0.3 is 14.8 Å². The molecule has 0 aromatic heterocycles. The van der Waals surface area contributed by atoms with Gasteiger partial charge in [0.1, 0.15) is 6.61 Å². The Bertz CT molecular complexity index is 1260. The van der Waals surface area contributed by atoms with Crippen molar-refractivity contribution in [1.82, 2.24) is 5.32 Å². The summed E-state index contributed by atoms with van der Waals surface area (Å²) in [5, 5.41) is 4.81. The number of rotatable bonds is 6. The van der Waals surface area contributed by atoms with Crippen LogP contribution in [0.1, 0.15) is 11.1 Å². The molecule has 33 heavy (non-hydrogen) atoms. The van der Waals surface area contributed by atoms with E-state index >= 15 is 0 Å². The van der Waals surface area contributed by atoms with E-state index < -0.39 is 0 Å². The molecule has 0 spiro atoms. The molecule has 1 amide bonds. The zero-order chi connectivity index (χ0) is 23.4. The molecular formula is C24H17Cl3N2O3S. The lowest BCUT2D eigenvalue weighted by Gasteiger charge is -2.14. The first-order valence-corrected chi connectivity index (χ1v) is 11.7. The van der Waals surface area contributed by atoms with Crippen LogP contribution in [0.2, 0.25) is 15.1 Å². The number of hydrogen-bond acceptors (Lipinski definition) is 5. The Kier molecular flexibility index (Phi) is 7.50. The molecule has 4 rings (SSSR count). The molecular weight excluding hydrogens is 503 g/mol. The van der Waals surface area contributed by atoms with Crippen LogP contribution in [-0.2, 0) is 11.4 Å². The van der Waals surface area contributed by atoms with Crippen molar-refractivity contribution in [2.24, 2.45) is 4.99 Å². The molecule has 1 heterocycles. The average molecular weight is 520 g/mol. The Morgan fingerprint density at radius 3 is 2.52 bits per heavy atom. The predicted molar refractivity (Wildman–Crippen MR) is 136 cm³/mol. The van der Waals surface area contributed by atoms with Gasteiger partial charge in [0.15, 0.2) is 16.7 Å². The van der Waals surface area contributed by atoms with Crippen molar-refractivity contribution in [1.29, 1.82) is 0 Å². The molecule has 0 aliphatic carbocycles. The zero-order valence-electron chi connectivity index (χ0n) is 17.3. The monoisotopic (exact) mass is 518 g/mol. The summed E-state index contributed by atoms with van der Waals surface area (Å²) in [7, 11) is 1.53. The molecule has 1 fully saturated rings. The number of amides is 1. The maximum atomic E-state index is 12.4. The van der Waals surface area contributed by atoms with Crippen LogP contribution in [0.25, 0.3) is 6.08 Å². The Hall–Kier alpha value is -2.64. The number of carbonyl (C=O) groups excluding carboxylic acids is 1. The second kappa shape index (κ2) is 10.5. The standard InChI is InChI=1S/C24H17Cl3N2O3S/c1-31-20-11-14(10-19(27)22(20)32-13-15-4-2-3-5-18(15)26)12-21-23(30)29-24(33-21)28-17-8-6-16(25)7-9-17/h2-12H,13H2,1H3,(H,28,29,30)/b21-12-. The van der Waals surface area contributed by atoms with Crippen molar-refractivity contribution in [3.05, 3.63) is 91.8 Å². The van der Waals surface area contributed by atoms with E-state index in [2.05, 4.69) is 10.3 Å². The highest BCUT2D eigenvalue weighted by molar-refractivity contribution is 8.18. The number of benzene rings is 3. The summed E-state index contributed by atoms with van der Waals surface area (Å²) in [6, 6.07) is 17.9. The fourth-order valence-electron chi connectivity index (χ4n) is 2.99. The Labute approximate surface area is 210 Å². The molecule has 0 radical (unpaired) electrons. The summed E-state index contributed by atoms with van der Waals surface area (Å²) in [6.45, 7) is 0.235. The predicted octanol–water partition coefficient (Wildman–Crippen LogP) is 7.13. The van der Waals surface area contributed by atoms with Crippen molar-refractivity contribution in [3.8, 4) is 11.5 Å². The molecule has 168 valence electrons. The molecule has 0 atom stereocenters. The summed E-state index contributed by atoms with van der Waals surface area (Å²) in [4.78, 5) is 17.3. The quantitative estimate of drug-likeness (QED) is 0.352. The van der Waals surface area contributed by atoms with E-state index in [1.807, 2.05) is 18.2 Å². The van der Waals surface area contributed by atoms with E-state index in [1.165, 1.54) is 18.9 Å². The van der Waals surface area contributed by atoms with E-state index in [4.69, 9.17) is 44.3 Å². The molecule has 0 unspecified atom stereocenters. The van der Waals surface area contributed by atoms with E-state index in [1.54, 1.807) is 48.5 Å². The fourth-order valence-corrected chi connectivity index (χ4v) is 4.43. The molecule has 1 aliphatic heterocycles. The van der Waals surface area contributed by atoms with Crippen molar-refractivity contribution in [2.75, 3.05) is 7.11 Å². The lowest BCUT2D eigenvalue weighted by atomic mass is 10.1. The number of nitrogens with one attached hydrogen (secondary N) is 1. The summed E-state index contributed by atoms with van der Waals surface area (Å²) >= 11 is 19.8.